The van der Waals surface area contributed by atoms with E-state index in [1.165, 1.54) is 18.2 Å². The van der Waals surface area contributed by atoms with Crippen LogP contribution < -0.4 is 0 Å². The summed E-state index contributed by atoms with van der Waals surface area (Å²) >= 11 is 3.07. The lowest BCUT2D eigenvalue weighted by atomic mass is 10.1. The highest BCUT2D eigenvalue weighted by atomic mass is 79.9. The van der Waals surface area contributed by atoms with Crippen LogP contribution in [0.2, 0.25) is 0 Å². The van der Waals surface area contributed by atoms with Crippen molar-refractivity contribution in [1.82, 2.24) is 0 Å². The summed E-state index contributed by atoms with van der Waals surface area (Å²) in [7, 11) is 0. The van der Waals surface area contributed by atoms with E-state index in [1.54, 1.807) is 0 Å². The Kier molecular flexibility index (Phi) is 3.49. The van der Waals surface area contributed by atoms with Gasteiger partial charge in [0, 0.05) is 0 Å². The summed E-state index contributed by atoms with van der Waals surface area (Å²) in [6.45, 7) is 0. The average Bonchev–Trinajstić information content (AvgIpc) is 2.08. The second-order valence-electron chi connectivity index (χ2n) is 2.82. The molecular weight excluding hydrogens is 252 g/mol. The Morgan fingerprint density at radius 3 is 2.64 bits per heavy atom. The fraction of sp³-hybridized carbons (Fsp3) is 0.222. The van der Waals surface area contributed by atoms with Crippen molar-refractivity contribution in [1.29, 1.82) is 0 Å². The third kappa shape index (κ3) is 2.71. The number of carbonyl (C=O) groups is 1. The molecule has 0 spiro atoms. The van der Waals surface area contributed by atoms with Gasteiger partial charge < -0.3 is 15.3 Å². The summed E-state index contributed by atoms with van der Waals surface area (Å²) in [4.78, 5) is 10.3. The van der Waals surface area contributed by atoms with Gasteiger partial charge in [-0.25, -0.2) is 0 Å². The zero-order chi connectivity index (χ0) is 10.7. The van der Waals surface area contributed by atoms with Crippen LogP contribution in [0.3, 0.4) is 0 Å². The molecule has 3 N–H and O–H groups in total. The van der Waals surface area contributed by atoms with E-state index < -0.39 is 12.1 Å². The van der Waals surface area contributed by atoms with Crippen molar-refractivity contribution in [3.8, 4) is 5.75 Å². The Morgan fingerprint density at radius 1 is 1.50 bits per heavy atom. The number of benzene rings is 1. The molecule has 1 rings (SSSR count). The summed E-state index contributed by atoms with van der Waals surface area (Å²) in [5, 5.41) is 27.0. The van der Waals surface area contributed by atoms with E-state index >= 15 is 0 Å². The van der Waals surface area contributed by atoms with E-state index in [4.69, 9.17) is 10.2 Å². The molecule has 0 amide bonds. The second kappa shape index (κ2) is 4.43. The van der Waals surface area contributed by atoms with Crippen LogP contribution in [0, 0.1) is 0 Å². The van der Waals surface area contributed by atoms with Gasteiger partial charge in [-0.3, -0.25) is 4.79 Å². The molecule has 0 saturated carbocycles. The minimum absolute atomic E-state index is 0.0521. The van der Waals surface area contributed by atoms with Gasteiger partial charge in [-0.15, -0.1) is 0 Å². The predicted molar refractivity (Wildman–Crippen MR) is 53.0 cm³/mol. The third-order valence-electron chi connectivity index (χ3n) is 1.72. The summed E-state index contributed by atoms with van der Waals surface area (Å²) in [6, 6.07) is 4.36. The summed E-state index contributed by atoms with van der Waals surface area (Å²) in [5.41, 5.74) is 0.456. The van der Waals surface area contributed by atoms with E-state index in [0.717, 1.165) is 0 Å². The molecule has 1 atom stereocenters. The SMILES string of the molecule is O=C(O)C[C@@H](O)c1ccc(O)c(Br)c1. The number of aliphatic carboxylic acids is 1. The molecule has 1 aromatic rings. The minimum atomic E-state index is -1.07. The molecule has 0 saturated heterocycles. The molecule has 0 fully saturated rings. The second-order valence-corrected chi connectivity index (χ2v) is 3.68. The number of aliphatic hydroxyl groups excluding tert-OH is 1. The molecule has 0 aromatic heterocycles. The molecule has 4 nitrogen and oxygen atoms in total. The van der Waals surface area contributed by atoms with Crippen LogP contribution in [-0.4, -0.2) is 21.3 Å². The summed E-state index contributed by atoms with van der Waals surface area (Å²) < 4.78 is 0.430. The highest BCUT2D eigenvalue weighted by Crippen LogP contribution is 2.27. The van der Waals surface area contributed by atoms with Crippen LogP contribution >= 0.6 is 15.9 Å². The molecule has 76 valence electrons. The molecule has 0 unspecified atom stereocenters. The number of phenols is 1. The lowest BCUT2D eigenvalue weighted by Gasteiger charge is -2.08. The number of aliphatic hydroxyl groups is 1. The number of carboxylic acid groups (broad SMARTS) is 1. The van der Waals surface area contributed by atoms with Gasteiger partial charge in [-0.05, 0) is 33.6 Å². The number of carboxylic acids is 1. The first-order valence-electron chi connectivity index (χ1n) is 3.89. The first-order chi connectivity index (χ1) is 6.50. The minimum Gasteiger partial charge on any atom is -0.507 e. The van der Waals surface area contributed by atoms with E-state index in [9.17, 15) is 9.90 Å². The highest BCUT2D eigenvalue weighted by Gasteiger charge is 2.12. The molecule has 0 radical (unpaired) electrons. The van der Waals surface area contributed by atoms with Crippen molar-refractivity contribution in [2.75, 3.05) is 0 Å². The number of phenolic OH excluding ortho intramolecular Hbond substituents is 1. The van der Waals surface area contributed by atoms with Gasteiger partial charge in [-0.1, -0.05) is 6.07 Å². The van der Waals surface area contributed by atoms with Gasteiger partial charge in [0.25, 0.3) is 0 Å². The fourth-order valence-electron chi connectivity index (χ4n) is 1.01. The predicted octanol–water partition coefficient (Wildman–Crippen LogP) is 1.66. The Balaban J connectivity index is 2.85. The van der Waals surface area contributed by atoms with Crippen LogP contribution in [0.4, 0.5) is 0 Å². The van der Waals surface area contributed by atoms with Crippen molar-refractivity contribution in [3.63, 3.8) is 0 Å². The van der Waals surface area contributed by atoms with Crippen molar-refractivity contribution < 1.29 is 20.1 Å². The summed E-state index contributed by atoms with van der Waals surface area (Å²) in [5.74, 6) is -1.02. The maximum Gasteiger partial charge on any atom is 0.306 e. The van der Waals surface area contributed by atoms with Crippen LogP contribution in [0.5, 0.6) is 5.75 Å². The molecule has 0 heterocycles. The van der Waals surface area contributed by atoms with Crippen LogP contribution in [-0.2, 0) is 4.79 Å². The van der Waals surface area contributed by atoms with Crippen molar-refractivity contribution in [2.24, 2.45) is 0 Å². The monoisotopic (exact) mass is 260 g/mol. The smallest absolute Gasteiger partial charge is 0.306 e. The lowest BCUT2D eigenvalue weighted by molar-refractivity contribution is -0.139. The van der Waals surface area contributed by atoms with Crippen molar-refractivity contribution >= 4 is 21.9 Å². The summed E-state index contributed by atoms with van der Waals surface area (Å²) in [6.07, 6.45) is -1.40. The van der Waals surface area contributed by atoms with Gasteiger partial charge in [0.05, 0.1) is 17.0 Å². The van der Waals surface area contributed by atoms with Gasteiger partial charge in [0.15, 0.2) is 0 Å². The lowest BCUT2D eigenvalue weighted by Crippen LogP contribution is -2.05. The first kappa shape index (κ1) is 11.0. The van der Waals surface area contributed by atoms with Crippen LogP contribution in [0.1, 0.15) is 18.1 Å². The molecule has 5 heteroatoms. The average molecular weight is 261 g/mol. The Hall–Kier alpha value is -1.07. The van der Waals surface area contributed by atoms with E-state index in [-0.39, 0.29) is 12.2 Å². The molecule has 1 aromatic carbocycles. The van der Waals surface area contributed by atoms with Crippen molar-refractivity contribution in [2.45, 2.75) is 12.5 Å². The van der Waals surface area contributed by atoms with Gasteiger partial charge in [-0.2, -0.15) is 0 Å². The third-order valence-corrected chi connectivity index (χ3v) is 2.36. The molecule has 0 aliphatic rings. The normalized spacial score (nSPS) is 12.4. The van der Waals surface area contributed by atoms with E-state index in [1.807, 2.05) is 0 Å². The fourth-order valence-corrected chi connectivity index (χ4v) is 1.41. The van der Waals surface area contributed by atoms with Gasteiger partial charge in [0.1, 0.15) is 5.75 Å². The topological polar surface area (TPSA) is 77.8 Å². The van der Waals surface area contributed by atoms with Crippen LogP contribution in [0.15, 0.2) is 22.7 Å². The Morgan fingerprint density at radius 2 is 2.14 bits per heavy atom. The van der Waals surface area contributed by atoms with Crippen molar-refractivity contribution in [3.05, 3.63) is 28.2 Å². The number of rotatable bonds is 3. The maximum absolute atomic E-state index is 10.3. The van der Waals surface area contributed by atoms with Crippen LogP contribution in [0.25, 0.3) is 0 Å². The number of aromatic hydroxyl groups is 1. The standard InChI is InChI=1S/C9H9BrO4/c10-6-3-5(1-2-7(6)11)8(12)4-9(13)14/h1-3,8,11-12H,4H2,(H,13,14)/t8-/m1/s1. The Bertz CT molecular complexity index is 351. The quantitative estimate of drug-likeness (QED) is 0.773. The number of hydrogen-bond donors (Lipinski definition) is 3. The largest absolute Gasteiger partial charge is 0.507 e. The first-order valence-corrected chi connectivity index (χ1v) is 4.68. The van der Waals surface area contributed by atoms with E-state index in [2.05, 4.69) is 15.9 Å². The number of halogens is 1. The molecule has 0 aliphatic carbocycles. The molecule has 0 aliphatic heterocycles. The zero-order valence-electron chi connectivity index (χ0n) is 7.14. The molecular formula is C9H9BrO4. The molecule has 0 bridgehead atoms. The maximum atomic E-state index is 10.3. The van der Waals surface area contributed by atoms with Gasteiger partial charge in [0.2, 0.25) is 0 Å². The number of hydrogen-bond acceptors (Lipinski definition) is 3. The zero-order valence-corrected chi connectivity index (χ0v) is 8.73. The molecule has 14 heavy (non-hydrogen) atoms. The van der Waals surface area contributed by atoms with Gasteiger partial charge >= 0.3 is 5.97 Å². The van der Waals surface area contributed by atoms with E-state index in [0.29, 0.717) is 10.0 Å². The highest BCUT2D eigenvalue weighted by molar-refractivity contribution is 9.10. The Labute approximate surface area is 88.9 Å².